The van der Waals surface area contributed by atoms with Crippen LogP contribution in [-0.2, 0) is 16.0 Å². The van der Waals surface area contributed by atoms with Crippen LogP contribution in [0.3, 0.4) is 0 Å². The number of alkyl halides is 3. The average Bonchev–Trinajstić information content (AvgIpc) is 3.65. The number of nitrogen functional groups attached to an aromatic ring is 2. The lowest BCUT2D eigenvalue weighted by atomic mass is 9.90. The molecule has 0 radical (unpaired) electrons. The molecule has 1 amide bonds. The van der Waals surface area contributed by atoms with Gasteiger partial charge in [-0.1, -0.05) is 24.3 Å². The summed E-state index contributed by atoms with van der Waals surface area (Å²) in [6.45, 7) is 0. The summed E-state index contributed by atoms with van der Waals surface area (Å²) >= 11 is 1.58. The van der Waals surface area contributed by atoms with Crippen LogP contribution < -0.4 is 16.8 Å². The van der Waals surface area contributed by atoms with Gasteiger partial charge in [-0.05, 0) is 95.0 Å². The van der Waals surface area contributed by atoms with Gasteiger partial charge < -0.3 is 21.9 Å². The van der Waals surface area contributed by atoms with Gasteiger partial charge >= 0.3 is 12.1 Å². The van der Waals surface area contributed by atoms with E-state index in [-0.39, 0.29) is 11.7 Å². The van der Waals surface area contributed by atoms with Crippen LogP contribution in [0.2, 0.25) is 0 Å². The summed E-state index contributed by atoms with van der Waals surface area (Å²) in [7, 11) is 0. The van der Waals surface area contributed by atoms with Crippen LogP contribution in [0.1, 0.15) is 22.6 Å². The van der Waals surface area contributed by atoms with Gasteiger partial charge in [0.2, 0.25) is 5.91 Å². The lowest BCUT2D eigenvalue weighted by Gasteiger charge is -2.18. The molecule has 9 nitrogen and oxygen atoms in total. The number of aromatic nitrogens is 2. The smallest absolute Gasteiger partial charge is 0.475 e. The Labute approximate surface area is 264 Å². The number of amides is 1. The lowest BCUT2D eigenvalue weighted by Crippen LogP contribution is -2.23. The van der Waals surface area contributed by atoms with Crippen molar-refractivity contribution in [3.8, 4) is 5.69 Å². The number of fused-ring (bicyclic) bond motifs is 2. The number of rotatable bonds is 7. The van der Waals surface area contributed by atoms with Gasteiger partial charge in [-0.3, -0.25) is 14.8 Å². The molecule has 2 aromatic heterocycles. The molecule has 0 spiro atoms. The standard InChI is InChI=1S/C31H26N6OS.C2HF3O2/c32-21-8-5-19(6-9-21)15-25(26-17-39-29-14-7-20(30(33)34)16-24(26)29)31(38)36-22-10-12-23(13-11-22)37-18-35-27-3-1-2-4-28(27)37;3-2(4,5)1(6)7/h1-14,16-18,25H,15,32H2,(H3,33,34)(H,36,38);(H,6,7). The minimum Gasteiger partial charge on any atom is -0.475 e. The molecule has 6 rings (SSSR count). The molecule has 7 N–H and O–H groups in total. The average molecular weight is 645 g/mol. The number of thiophene rings is 1. The first kappa shape index (κ1) is 31.7. The lowest BCUT2D eigenvalue weighted by molar-refractivity contribution is -0.192. The molecule has 46 heavy (non-hydrogen) atoms. The molecule has 1 atom stereocenters. The Hall–Kier alpha value is -5.69. The summed E-state index contributed by atoms with van der Waals surface area (Å²) in [5.41, 5.74) is 18.5. The number of nitrogens with two attached hydrogens (primary N) is 2. The number of aliphatic carboxylic acids is 1. The number of carbonyl (C=O) groups is 2. The Morgan fingerprint density at radius 3 is 2.33 bits per heavy atom. The van der Waals surface area contributed by atoms with E-state index in [1.807, 2.05) is 101 Å². The predicted molar refractivity (Wildman–Crippen MR) is 174 cm³/mol. The van der Waals surface area contributed by atoms with Gasteiger partial charge in [0.15, 0.2) is 0 Å². The first-order valence-corrected chi connectivity index (χ1v) is 14.6. The Morgan fingerprint density at radius 1 is 1.00 bits per heavy atom. The fraction of sp³-hybridized carbons (Fsp3) is 0.0909. The van der Waals surface area contributed by atoms with E-state index in [9.17, 15) is 18.0 Å². The van der Waals surface area contributed by atoms with E-state index >= 15 is 0 Å². The van der Waals surface area contributed by atoms with E-state index in [4.69, 9.17) is 26.8 Å². The second-order valence-electron chi connectivity index (χ2n) is 10.3. The zero-order chi connectivity index (χ0) is 33.0. The molecule has 0 aliphatic rings. The number of para-hydroxylation sites is 2. The molecule has 0 saturated carbocycles. The second-order valence-corrected chi connectivity index (χ2v) is 11.2. The normalized spacial score (nSPS) is 11.9. The number of anilines is 2. The van der Waals surface area contributed by atoms with Gasteiger partial charge in [-0.15, -0.1) is 11.3 Å². The number of benzene rings is 4. The quantitative estimate of drug-likeness (QED) is 0.0738. The fourth-order valence-electron chi connectivity index (χ4n) is 4.82. The minimum absolute atomic E-state index is 0.000605. The first-order valence-electron chi connectivity index (χ1n) is 13.7. The van der Waals surface area contributed by atoms with Crippen molar-refractivity contribution in [2.75, 3.05) is 11.1 Å². The van der Waals surface area contributed by atoms with E-state index in [0.29, 0.717) is 23.4 Å². The molecule has 234 valence electrons. The summed E-state index contributed by atoms with van der Waals surface area (Å²) in [4.78, 5) is 27.2. The van der Waals surface area contributed by atoms with Gasteiger partial charge in [0.25, 0.3) is 0 Å². The van der Waals surface area contributed by atoms with Crippen molar-refractivity contribution in [1.82, 2.24) is 9.55 Å². The van der Waals surface area contributed by atoms with Crippen LogP contribution in [-0.4, -0.2) is 38.5 Å². The Bertz CT molecular complexity index is 2040. The topological polar surface area (TPSA) is 160 Å². The van der Waals surface area contributed by atoms with Gasteiger partial charge in [-0.2, -0.15) is 13.2 Å². The van der Waals surface area contributed by atoms with Crippen LogP contribution in [0.4, 0.5) is 24.5 Å². The van der Waals surface area contributed by atoms with Crippen LogP contribution in [0, 0.1) is 5.41 Å². The third kappa shape index (κ3) is 7.16. The van der Waals surface area contributed by atoms with Crippen LogP contribution in [0.25, 0.3) is 26.8 Å². The molecule has 4 aromatic carbocycles. The summed E-state index contributed by atoms with van der Waals surface area (Å²) in [5.74, 6) is -3.32. The summed E-state index contributed by atoms with van der Waals surface area (Å²) in [6.07, 6.45) is -2.78. The second kappa shape index (κ2) is 13.1. The number of halogens is 3. The third-order valence-corrected chi connectivity index (χ3v) is 8.12. The van der Waals surface area contributed by atoms with Crippen molar-refractivity contribution in [3.05, 3.63) is 119 Å². The molecule has 0 bridgehead atoms. The fourth-order valence-corrected chi connectivity index (χ4v) is 5.81. The number of carboxylic acids is 1. The van der Waals surface area contributed by atoms with Crippen molar-refractivity contribution in [1.29, 1.82) is 5.41 Å². The van der Waals surface area contributed by atoms with E-state index in [2.05, 4.69) is 10.3 Å². The van der Waals surface area contributed by atoms with Crippen LogP contribution in [0.15, 0.2) is 103 Å². The van der Waals surface area contributed by atoms with Gasteiger partial charge in [0, 0.05) is 27.3 Å². The van der Waals surface area contributed by atoms with Crippen molar-refractivity contribution in [2.24, 2.45) is 5.73 Å². The molecule has 6 aromatic rings. The van der Waals surface area contributed by atoms with E-state index in [1.54, 1.807) is 17.7 Å². The van der Waals surface area contributed by atoms with Crippen molar-refractivity contribution in [2.45, 2.75) is 18.5 Å². The van der Waals surface area contributed by atoms with Crippen LogP contribution >= 0.6 is 11.3 Å². The number of carboxylic acid groups (broad SMARTS) is 1. The highest BCUT2D eigenvalue weighted by atomic mass is 32.1. The Kier molecular flexibility index (Phi) is 9.05. The highest BCUT2D eigenvalue weighted by Crippen LogP contribution is 2.35. The summed E-state index contributed by atoms with van der Waals surface area (Å²) in [6, 6.07) is 29.0. The SMILES string of the molecule is N=C(N)c1ccc2scc(C(Cc3ccc(N)cc3)C(=O)Nc3ccc(-n4cnc5ccccc54)cc3)c2c1.O=C(O)C(F)(F)F. The number of imidazole rings is 1. The van der Waals surface area contributed by atoms with Crippen molar-refractivity contribution < 1.29 is 27.9 Å². The number of nitrogens with zero attached hydrogens (tertiary/aromatic N) is 2. The molecule has 0 aliphatic heterocycles. The molecular weight excluding hydrogens is 617 g/mol. The molecule has 0 saturated heterocycles. The molecular formula is C33H27F3N6O3S. The number of carbonyl (C=O) groups excluding carboxylic acids is 1. The van der Waals surface area contributed by atoms with Gasteiger partial charge in [0.05, 0.1) is 17.0 Å². The predicted octanol–water partition coefficient (Wildman–Crippen LogP) is 6.70. The van der Waals surface area contributed by atoms with E-state index < -0.39 is 18.1 Å². The summed E-state index contributed by atoms with van der Waals surface area (Å²) < 4.78 is 34.8. The number of amidine groups is 1. The van der Waals surface area contributed by atoms with Gasteiger partial charge in [0.1, 0.15) is 12.2 Å². The number of hydrogen-bond acceptors (Lipinski definition) is 6. The highest BCUT2D eigenvalue weighted by molar-refractivity contribution is 7.17. The van der Waals surface area contributed by atoms with Crippen molar-refractivity contribution in [3.63, 3.8) is 0 Å². The largest absolute Gasteiger partial charge is 0.490 e. The number of hydrogen-bond donors (Lipinski definition) is 5. The minimum atomic E-state index is -5.08. The molecule has 1 unspecified atom stereocenters. The molecule has 2 heterocycles. The molecule has 13 heteroatoms. The summed E-state index contributed by atoms with van der Waals surface area (Å²) in [5, 5.41) is 21.1. The van der Waals surface area contributed by atoms with E-state index in [1.165, 1.54) is 0 Å². The highest BCUT2D eigenvalue weighted by Gasteiger charge is 2.38. The van der Waals surface area contributed by atoms with Crippen molar-refractivity contribution >= 4 is 61.5 Å². The Balaban J connectivity index is 0.000000537. The third-order valence-electron chi connectivity index (χ3n) is 7.13. The zero-order valence-electron chi connectivity index (χ0n) is 24.0. The van der Waals surface area contributed by atoms with Crippen LogP contribution in [0.5, 0.6) is 0 Å². The molecule has 0 fully saturated rings. The number of nitrogens with one attached hydrogen (secondary N) is 2. The zero-order valence-corrected chi connectivity index (χ0v) is 24.8. The maximum Gasteiger partial charge on any atom is 0.490 e. The maximum atomic E-state index is 13.8. The van der Waals surface area contributed by atoms with E-state index in [0.717, 1.165) is 37.9 Å². The monoisotopic (exact) mass is 644 g/mol. The Morgan fingerprint density at radius 2 is 1.67 bits per heavy atom. The van der Waals surface area contributed by atoms with Gasteiger partial charge in [-0.25, -0.2) is 9.78 Å². The maximum absolute atomic E-state index is 13.8. The molecule has 0 aliphatic carbocycles. The first-order chi connectivity index (χ1) is 21.9.